The molecule has 0 heterocycles. The van der Waals surface area contributed by atoms with E-state index in [1.54, 1.807) is 0 Å². The van der Waals surface area contributed by atoms with E-state index in [1.165, 1.54) is 22.5 Å². The van der Waals surface area contributed by atoms with Gasteiger partial charge in [0.05, 0.1) is 5.71 Å². The summed E-state index contributed by atoms with van der Waals surface area (Å²) in [6.07, 6.45) is 17.1. The van der Waals surface area contributed by atoms with Crippen molar-refractivity contribution in [1.29, 1.82) is 0 Å². The van der Waals surface area contributed by atoms with E-state index in [9.17, 15) is 0 Å². The summed E-state index contributed by atoms with van der Waals surface area (Å²) in [4.78, 5) is 4.22. The summed E-state index contributed by atoms with van der Waals surface area (Å²) in [5.74, 6) is 0. The van der Waals surface area contributed by atoms with Gasteiger partial charge in [-0.05, 0) is 53.6 Å². The number of allylic oxidation sites excluding steroid dienone is 9. The smallest absolute Gasteiger partial charge is 0.105 e. The minimum atomic E-state index is 1.09. The van der Waals surface area contributed by atoms with Crippen molar-refractivity contribution in [2.45, 2.75) is 0 Å². The fourth-order valence-corrected chi connectivity index (χ4v) is 3.30. The van der Waals surface area contributed by atoms with Crippen LogP contribution in [0.25, 0.3) is 11.6 Å². The highest BCUT2D eigenvalue weighted by Gasteiger charge is 2.02. The van der Waals surface area contributed by atoms with Crippen molar-refractivity contribution in [3.8, 4) is 0 Å². The van der Waals surface area contributed by atoms with E-state index in [1.807, 2.05) is 11.6 Å². The second-order valence-electron chi connectivity index (χ2n) is 8.34. The topological polar surface area (TPSA) is 9.49 Å². The molecule has 0 unspecified atom stereocenters. The fourth-order valence-electron chi connectivity index (χ4n) is 3.30. The maximum absolute atomic E-state index is 3.94. The van der Waals surface area contributed by atoms with Crippen LogP contribution in [0.2, 0.25) is 0 Å². The molecule has 0 fully saturated rings. The van der Waals surface area contributed by atoms with Crippen LogP contribution in [0.3, 0.4) is 0 Å². The third-order valence-corrected chi connectivity index (χ3v) is 5.37. The average molecular weight is 424 g/mol. The third-order valence-electron chi connectivity index (χ3n) is 5.37. The Balaban J connectivity index is 1.91. The first kappa shape index (κ1) is 23.0. The zero-order valence-corrected chi connectivity index (χ0v) is 19.8. The molecule has 0 atom stereocenters. The molecule has 3 rings (SSSR count). The van der Waals surface area contributed by atoms with Crippen LogP contribution >= 0.6 is 0 Å². The molecule has 0 bridgehead atoms. The van der Waals surface area contributed by atoms with Gasteiger partial charge in [-0.25, -0.2) is 0 Å². The molecule has 2 aromatic carbocycles. The standard InChI is InChI=1S/C29H33N3/c1-30(2)27-17-9-23(10-18-27)7-13-25(26-15-21-29(22-16-26)32(5)6)14-8-24-11-19-28(20-12-24)31(3)4/h7-22H,1H2,2-6H3/b14-8+,25-13-. The molecule has 2 aromatic rings. The Hall–Kier alpha value is -3.72. The van der Waals surface area contributed by atoms with E-state index in [0.717, 1.165) is 16.9 Å². The van der Waals surface area contributed by atoms with Gasteiger partial charge < -0.3 is 14.4 Å². The predicted molar refractivity (Wildman–Crippen MR) is 141 cm³/mol. The lowest BCUT2D eigenvalue weighted by Gasteiger charge is -2.13. The van der Waals surface area contributed by atoms with Crippen molar-refractivity contribution in [3.63, 3.8) is 0 Å². The molecule has 0 spiro atoms. The first-order valence-electron chi connectivity index (χ1n) is 10.8. The normalized spacial score (nSPS) is 13.6. The molecule has 164 valence electrons. The first-order chi connectivity index (χ1) is 15.3. The van der Waals surface area contributed by atoms with Crippen LogP contribution in [0.15, 0.2) is 96.6 Å². The molecule has 0 saturated carbocycles. The molecule has 3 nitrogen and oxygen atoms in total. The molecule has 0 radical (unpaired) electrons. The largest absolute Gasteiger partial charge is 0.378 e. The molecule has 0 aromatic heterocycles. The van der Waals surface area contributed by atoms with E-state index in [2.05, 4.69) is 142 Å². The van der Waals surface area contributed by atoms with E-state index in [4.69, 9.17) is 0 Å². The maximum Gasteiger partial charge on any atom is 0.105 e. The van der Waals surface area contributed by atoms with Crippen molar-refractivity contribution < 1.29 is 4.58 Å². The summed E-state index contributed by atoms with van der Waals surface area (Å²) >= 11 is 0. The SMILES string of the molecule is [CH2-][N+](C)=C1C=CC(=C/C=C(/C=C/c2ccc(N(C)C)cc2)c2ccc(N(C)C)cc2)C=C1. The van der Waals surface area contributed by atoms with Gasteiger partial charge in [-0.1, -0.05) is 72.9 Å². The van der Waals surface area contributed by atoms with Crippen LogP contribution in [0.4, 0.5) is 11.4 Å². The summed E-state index contributed by atoms with van der Waals surface area (Å²) in [6, 6.07) is 17.2. The Kier molecular flexibility index (Phi) is 7.56. The zero-order valence-electron chi connectivity index (χ0n) is 19.8. The monoisotopic (exact) mass is 423 g/mol. The van der Waals surface area contributed by atoms with E-state index >= 15 is 0 Å². The number of rotatable bonds is 6. The second-order valence-corrected chi connectivity index (χ2v) is 8.34. The van der Waals surface area contributed by atoms with E-state index in [-0.39, 0.29) is 0 Å². The van der Waals surface area contributed by atoms with Gasteiger partial charge in [-0.2, -0.15) is 0 Å². The van der Waals surface area contributed by atoms with Gasteiger partial charge in [0.15, 0.2) is 0 Å². The van der Waals surface area contributed by atoms with Crippen LogP contribution in [0.1, 0.15) is 11.1 Å². The van der Waals surface area contributed by atoms with Crippen LogP contribution in [-0.4, -0.2) is 45.5 Å². The summed E-state index contributed by atoms with van der Waals surface area (Å²) in [5.41, 5.74) is 8.14. The van der Waals surface area contributed by atoms with Crippen LogP contribution in [0, 0.1) is 7.05 Å². The van der Waals surface area contributed by atoms with Gasteiger partial charge in [0.1, 0.15) is 7.05 Å². The predicted octanol–water partition coefficient (Wildman–Crippen LogP) is 5.84. The van der Waals surface area contributed by atoms with E-state index < -0.39 is 0 Å². The summed E-state index contributed by atoms with van der Waals surface area (Å²) in [6.45, 7) is 0. The highest BCUT2D eigenvalue weighted by atomic mass is 15.1. The summed E-state index contributed by atoms with van der Waals surface area (Å²) in [7, 11) is 14.1. The van der Waals surface area contributed by atoms with E-state index in [0.29, 0.717) is 0 Å². The lowest BCUT2D eigenvalue weighted by molar-refractivity contribution is -0.428. The fraction of sp³-hybridized carbons (Fsp3) is 0.172. The number of hydrogen-bond acceptors (Lipinski definition) is 2. The average Bonchev–Trinajstić information content (AvgIpc) is 2.79. The zero-order chi connectivity index (χ0) is 23.1. The van der Waals surface area contributed by atoms with Crippen LogP contribution < -0.4 is 9.80 Å². The van der Waals surface area contributed by atoms with Gasteiger partial charge in [-0.3, -0.25) is 0 Å². The molecule has 3 heteroatoms. The minimum Gasteiger partial charge on any atom is -0.378 e. The molecule has 0 N–H and O–H groups in total. The number of benzene rings is 2. The van der Waals surface area contributed by atoms with Crippen molar-refractivity contribution in [1.82, 2.24) is 0 Å². The molecule has 0 amide bonds. The molecule has 1 aliphatic rings. The molecule has 1 aliphatic carbocycles. The summed E-state index contributed by atoms with van der Waals surface area (Å²) in [5, 5.41) is 0. The highest BCUT2D eigenvalue weighted by molar-refractivity contribution is 6.02. The third kappa shape index (κ3) is 6.14. The first-order valence-corrected chi connectivity index (χ1v) is 10.8. The molecular weight excluding hydrogens is 390 g/mol. The van der Waals surface area contributed by atoms with Gasteiger partial charge in [-0.15, -0.1) is 0 Å². The van der Waals surface area contributed by atoms with Crippen molar-refractivity contribution in [2.24, 2.45) is 0 Å². The highest BCUT2D eigenvalue weighted by Crippen LogP contribution is 2.23. The number of hydrogen-bond donors (Lipinski definition) is 0. The van der Waals surface area contributed by atoms with Crippen LogP contribution in [-0.2, 0) is 0 Å². The van der Waals surface area contributed by atoms with Crippen molar-refractivity contribution >= 4 is 28.7 Å². The lowest BCUT2D eigenvalue weighted by Crippen LogP contribution is -2.08. The Morgan fingerprint density at radius 2 is 1.31 bits per heavy atom. The Morgan fingerprint density at radius 3 is 1.81 bits per heavy atom. The van der Waals surface area contributed by atoms with Crippen molar-refractivity contribution in [3.05, 3.63) is 115 Å². The molecule has 0 aliphatic heterocycles. The molecule has 32 heavy (non-hydrogen) atoms. The Morgan fingerprint density at radius 1 is 0.781 bits per heavy atom. The van der Waals surface area contributed by atoms with Gasteiger partial charge in [0, 0.05) is 39.6 Å². The van der Waals surface area contributed by atoms with Gasteiger partial charge in [0.2, 0.25) is 0 Å². The Labute approximate surface area is 193 Å². The lowest BCUT2D eigenvalue weighted by atomic mass is 10.0. The van der Waals surface area contributed by atoms with Crippen LogP contribution in [0.5, 0.6) is 0 Å². The number of nitrogens with zero attached hydrogens (tertiary/aromatic N) is 3. The van der Waals surface area contributed by atoms with Gasteiger partial charge >= 0.3 is 0 Å². The number of anilines is 2. The summed E-state index contributed by atoms with van der Waals surface area (Å²) < 4.78 is 1.86. The quantitative estimate of drug-likeness (QED) is 0.328. The second kappa shape index (κ2) is 10.5. The minimum absolute atomic E-state index is 1.09. The van der Waals surface area contributed by atoms with Crippen molar-refractivity contribution in [2.75, 3.05) is 45.0 Å². The Bertz CT molecular complexity index is 1080. The molecule has 0 saturated heterocycles. The van der Waals surface area contributed by atoms with Gasteiger partial charge in [0.25, 0.3) is 0 Å². The molecular formula is C29H33N3. The maximum atomic E-state index is 3.94.